The number of nitriles is 1. The van der Waals surface area contributed by atoms with Gasteiger partial charge in [-0.2, -0.15) is 5.26 Å². The van der Waals surface area contributed by atoms with Gasteiger partial charge in [0, 0.05) is 6.07 Å². The van der Waals surface area contributed by atoms with E-state index in [1.54, 1.807) is 6.07 Å². The van der Waals surface area contributed by atoms with Crippen molar-refractivity contribution in [3.63, 3.8) is 0 Å². The van der Waals surface area contributed by atoms with Crippen LogP contribution in [0.15, 0.2) is 16.9 Å². The highest BCUT2D eigenvalue weighted by atomic mass is 16.5. The minimum Gasteiger partial charge on any atom is -0.364 e. The molecule has 0 bridgehead atoms. The van der Waals surface area contributed by atoms with E-state index in [-0.39, 0.29) is 0 Å². The molecule has 0 aliphatic rings. The van der Waals surface area contributed by atoms with Gasteiger partial charge >= 0.3 is 0 Å². The molecule has 1 aromatic rings. The lowest BCUT2D eigenvalue weighted by Crippen LogP contribution is -1.76. The maximum Gasteiger partial charge on any atom is 0.124 e. The van der Waals surface area contributed by atoms with E-state index in [1.807, 2.05) is 6.07 Å². The summed E-state index contributed by atoms with van der Waals surface area (Å²) in [4.78, 5) is 0. The third kappa shape index (κ3) is 0.850. The second-order valence-electron chi connectivity index (χ2n) is 1.33. The topological polar surface area (TPSA) is 49.8 Å². The minimum absolute atomic E-state index is 0.330. The second kappa shape index (κ2) is 2.12. The zero-order valence-electron chi connectivity index (χ0n) is 4.16. The molecule has 0 aromatic carbocycles. The van der Waals surface area contributed by atoms with E-state index in [2.05, 4.69) is 9.68 Å². The molecule has 1 rings (SSSR count). The summed E-state index contributed by atoms with van der Waals surface area (Å²) in [5.41, 5.74) is 0.688. The van der Waals surface area contributed by atoms with E-state index in [0.717, 1.165) is 0 Å². The zero-order chi connectivity index (χ0) is 5.82. The minimum atomic E-state index is 0.330. The second-order valence-corrected chi connectivity index (χ2v) is 1.33. The predicted molar refractivity (Wildman–Crippen MR) is 25.8 cm³/mol. The number of hydrogen-bond acceptors (Lipinski definition) is 3. The number of aromatic nitrogens is 1. The van der Waals surface area contributed by atoms with Gasteiger partial charge in [0.15, 0.2) is 0 Å². The molecule has 0 saturated carbocycles. The highest BCUT2D eigenvalue weighted by Gasteiger charge is 1.90. The lowest BCUT2D eigenvalue weighted by molar-refractivity contribution is 0.413. The Bertz CT molecular complexity index is 185. The Morgan fingerprint density at radius 1 is 1.88 bits per heavy atom. The quantitative estimate of drug-likeness (QED) is 0.533. The Balaban J connectivity index is 2.67. The van der Waals surface area contributed by atoms with Gasteiger partial charge in [-0.25, -0.2) is 0 Å². The summed E-state index contributed by atoms with van der Waals surface area (Å²) in [5.74, 6) is 0. The molecule has 3 heteroatoms. The largest absolute Gasteiger partial charge is 0.364 e. The highest BCUT2D eigenvalue weighted by molar-refractivity contribution is 5.01. The van der Waals surface area contributed by atoms with Gasteiger partial charge in [-0.15, -0.1) is 0 Å². The third-order valence-electron chi connectivity index (χ3n) is 0.751. The Labute approximate surface area is 46.5 Å². The number of nitrogens with zero attached hydrogens (tertiary/aromatic N) is 2. The molecule has 0 unspecified atom stereocenters. The molecule has 0 saturated heterocycles. The summed E-state index contributed by atoms with van der Waals surface area (Å²) in [5, 5.41) is 11.6. The van der Waals surface area contributed by atoms with Crippen molar-refractivity contribution < 1.29 is 4.52 Å². The van der Waals surface area contributed by atoms with Crippen LogP contribution in [0, 0.1) is 11.3 Å². The van der Waals surface area contributed by atoms with E-state index in [1.165, 1.54) is 6.26 Å². The van der Waals surface area contributed by atoms with Crippen molar-refractivity contribution in [2.45, 2.75) is 6.42 Å². The van der Waals surface area contributed by atoms with E-state index in [4.69, 9.17) is 5.26 Å². The fourth-order valence-electron chi connectivity index (χ4n) is 0.410. The summed E-state index contributed by atoms with van der Waals surface area (Å²) in [6.45, 7) is 0. The van der Waals surface area contributed by atoms with E-state index >= 15 is 0 Å². The van der Waals surface area contributed by atoms with Gasteiger partial charge < -0.3 is 4.52 Å². The maximum atomic E-state index is 8.11. The Morgan fingerprint density at radius 2 is 2.75 bits per heavy atom. The van der Waals surface area contributed by atoms with Crippen LogP contribution in [0.2, 0.25) is 0 Å². The molecular weight excluding hydrogens is 104 g/mol. The third-order valence-corrected chi connectivity index (χ3v) is 0.751. The smallest absolute Gasteiger partial charge is 0.124 e. The van der Waals surface area contributed by atoms with Crippen LogP contribution in [0.25, 0.3) is 0 Å². The number of hydrogen-bond donors (Lipinski definition) is 0. The standard InChI is InChI=1S/C5H4N2O/c6-3-1-5-2-4-8-7-5/h2,4H,1H2. The lowest BCUT2D eigenvalue weighted by atomic mass is 10.3. The molecule has 0 atom stereocenters. The van der Waals surface area contributed by atoms with Crippen LogP contribution in [-0.4, -0.2) is 5.16 Å². The molecule has 0 amide bonds. The first-order valence-electron chi connectivity index (χ1n) is 2.19. The van der Waals surface area contributed by atoms with Crippen molar-refractivity contribution in [2.75, 3.05) is 0 Å². The molecule has 0 radical (unpaired) electrons. The Kier molecular flexibility index (Phi) is 1.29. The molecule has 8 heavy (non-hydrogen) atoms. The molecular formula is C5H4N2O. The monoisotopic (exact) mass is 108 g/mol. The van der Waals surface area contributed by atoms with Crippen molar-refractivity contribution in [2.24, 2.45) is 0 Å². The normalized spacial score (nSPS) is 8.38. The Hall–Kier alpha value is -1.30. The van der Waals surface area contributed by atoms with Gasteiger partial charge in [0.05, 0.1) is 18.2 Å². The molecule has 0 spiro atoms. The molecule has 1 heterocycles. The zero-order valence-corrected chi connectivity index (χ0v) is 4.16. The summed E-state index contributed by atoms with van der Waals surface area (Å²) < 4.78 is 4.47. The van der Waals surface area contributed by atoms with Gasteiger partial charge in [0.25, 0.3) is 0 Å². The molecule has 0 fully saturated rings. The van der Waals surface area contributed by atoms with Crippen LogP contribution in [0.1, 0.15) is 5.69 Å². The summed E-state index contributed by atoms with van der Waals surface area (Å²) in [6.07, 6.45) is 1.78. The average molecular weight is 108 g/mol. The highest BCUT2D eigenvalue weighted by Crippen LogP contribution is 1.92. The average Bonchev–Trinajstić information content (AvgIpc) is 2.19. The van der Waals surface area contributed by atoms with Crippen LogP contribution < -0.4 is 0 Å². The van der Waals surface area contributed by atoms with Crippen molar-refractivity contribution in [3.8, 4) is 6.07 Å². The molecule has 0 N–H and O–H groups in total. The van der Waals surface area contributed by atoms with Gasteiger partial charge in [0.2, 0.25) is 0 Å². The van der Waals surface area contributed by atoms with Crippen LogP contribution in [0.4, 0.5) is 0 Å². The first-order valence-corrected chi connectivity index (χ1v) is 2.19. The summed E-state index contributed by atoms with van der Waals surface area (Å²) in [7, 11) is 0. The van der Waals surface area contributed by atoms with Crippen molar-refractivity contribution >= 4 is 0 Å². The van der Waals surface area contributed by atoms with Gasteiger partial charge in [-0.05, 0) is 0 Å². The van der Waals surface area contributed by atoms with Gasteiger partial charge in [-0.1, -0.05) is 5.16 Å². The van der Waals surface area contributed by atoms with Crippen molar-refractivity contribution in [1.82, 2.24) is 5.16 Å². The van der Waals surface area contributed by atoms with E-state index in [9.17, 15) is 0 Å². The van der Waals surface area contributed by atoms with Crippen molar-refractivity contribution in [1.29, 1.82) is 5.26 Å². The van der Waals surface area contributed by atoms with Crippen molar-refractivity contribution in [3.05, 3.63) is 18.0 Å². The van der Waals surface area contributed by atoms with Crippen LogP contribution in [-0.2, 0) is 6.42 Å². The fourth-order valence-corrected chi connectivity index (χ4v) is 0.410. The molecule has 3 nitrogen and oxygen atoms in total. The van der Waals surface area contributed by atoms with Crippen LogP contribution in [0.3, 0.4) is 0 Å². The number of rotatable bonds is 1. The molecule has 40 valence electrons. The lowest BCUT2D eigenvalue weighted by Gasteiger charge is -1.72. The molecule has 1 aromatic heterocycles. The SMILES string of the molecule is N#CCc1ccon1. The first kappa shape index (κ1) is 4.85. The van der Waals surface area contributed by atoms with Gasteiger partial charge in [0.1, 0.15) is 6.26 Å². The Morgan fingerprint density at radius 3 is 3.25 bits per heavy atom. The predicted octanol–water partition coefficient (Wildman–Crippen LogP) is 0.741. The maximum absolute atomic E-state index is 8.11. The summed E-state index contributed by atoms with van der Waals surface area (Å²) >= 11 is 0. The van der Waals surface area contributed by atoms with Gasteiger partial charge in [-0.3, -0.25) is 0 Å². The van der Waals surface area contributed by atoms with E-state index in [0.29, 0.717) is 12.1 Å². The first-order chi connectivity index (χ1) is 3.93. The summed E-state index contributed by atoms with van der Waals surface area (Å²) in [6, 6.07) is 3.62. The van der Waals surface area contributed by atoms with Crippen LogP contribution >= 0.6 is 0 Å². The molecule has 0 aliphatic heterocycles. The molecule has 0 aliphatic carbocycles. The van der Waals surface area contributed by atoms with E-state index < -0.39 is 0 Å². The van der Waals surface area contributed by atoms with Crippen LogP contribution in [0.5, 0.6) is 0 Å². The fraction of sp³-hybridized carbons (Fsp3) is 0.200.